The van der Waals surface area contributed by atoms with E-state index in [2.05, 4.69) is 20.0 Å². The summed E-state index contributed by atoms with van der Waals surface area (Å²) in [6, 6.07) is -0.533. The van der Waals surface area contributed by atoms with Crippen LogP contribution in [0.3, 0.4) is 0 Å². The molecule has 28 heavy (non-hydrogen) atoms. The van der Waals surface area contributed by atoms with Gasteiger partial charge in [-0.25, -0.2) is 19.0 Å². The number of aliphatic hydroxyl groups excluding tert-OH is 1. The molecule has 150 valence electrons. The van der Waals surface area contributed by atoms with Gasteiger partial charge in [-0.3, -0.25) is 0 Å². The fraction of sp³-hybridized carbons (Fsp3) is 0.474. The number of carbonyl (C=O) groups excluding carboxylic acids is 1. The Kier molecular flexibility index (Phi) is 5.93. The molecule has 0 bridgehead atoms. The highest BCUT2D eigenvalue weighted by Gasteiger charge is 2.25. The Morgan fingerprint density at radius 1 is 1.43 bits per heavy atom. The van der Waals surface area contributed by atoms with Gasteiger partial charge in [-0.1, -0.05) is 0 Å². The van der Waals surface area contributed by atoms with E-state index in [0.717, 1.165) is 31.6 Å². The molecule has 0 unspecified atom stereocenters. The maximum absolute atomic E-state index is 11.5. The van der Waals surface area contributed by atoms with Crippen LogP contribution < -0.4 is 16.8 Å². The van der Waals surface area contributed by atoms with E-state index in [0.29, 0.717) is 28.8 Å². The lowest BCUT2D eigenvalue weighted by Gasteiger charge is -2.20. The highest BCUT2D eigenvalue weighted by atomic mass is 16.3. The number of nitrogens with one attached hydrogen (secondary N) is 1. The van der Waals surface area contributed by atoms with Gasteiger partial charge in [-0.05, 0) is 25.8 Å². The van der Waals surface area contributed by atoms with Crippen LogP contribution >= 0.6 is 0 Å². The van der Waals surface area contributed by atoms with Crippen molar-refractivity contribution < 1.29 is 14.5 Å². The number of nitrogens with two attached hydrogens (primary N) is 2. The molecule has 1 fully saturated rings. The molecular formula is C19H28N7O2+. The molecule has 2 aliphatic rings. The van der Waals surface area contributed by atoms with Gasteiger partial charge in [0.2, 0.25) is 5.71 Å². The Morgan fingerprint density at radius 2 is 2.14 bits per heavy atom. The summed E-state index contributed by atoms with van der Waals surface area (Å²) in [5.41, 5.74) is 14.1. The smallest absolute Gasteiger partial charge is 0.316 e. The molecule has 0 aromatic carbocycles. The molecule has 1 aromatic rings. The first kappa shape index (κ1) is 19.8. The molecule has 6 N–H and O–H groups in total. The molecule has 0 saturated carbocycles. The van der Waals surface area contributed by atoms with Crippen LogP contribution in [0.4, 0.5) is 16.3 Å². The topological polar surface area (TPSA) is 135 Å². The van der Waals surface area contributed by atoms with Gasteiger partial charge in [0.1, 0.15) is 24.6 Å². The second-order valence-corrected chi connectivity index (χ2v) is 7.37. The van der Waals surface area contributed by atoms with Crippen molar-refractivity contribution in [2.45, 2.75) is 32.7 Å². The molecule has 1 aliphatic carbocycles. The molecule has 2 heterocycles. The van der Waals surface area contributed by atoms with Crippen LogP contribution in [0.5, 0.6) is 0 Å². The van der Waals surface area contributed by atoms with E-state index >= 15 is 0 Å². The summed E-state index contributed by atoms with van der Waals surface area (Å²) in [4.78, 5) is 16.1. The summed E-state index contributed by atoms with van der Waals surface area (Å²) in [7, 11) is 0. The maximum Gasteiger partial charge on any atom is 0.316 e. The third-order valence-electron chi connectivity index (χ3n) is 5.02. The van der Waals surface area contributed by atoms with Crippen molar-refractivity contribution in [2.75, 3.05) is 25.4 Å². The number of piperidine rings is 1. The van der Waals surface area contributed by atoms with Crippen molar-refractivity contribution in [1.82, 2.24) is 15.1 Å². The van der Waals surface area contributed by atoms with Crippen molar-refractivity contribution in [3.8, 4) is 0 Å². The van der Waals surface area contributed by atoms with Crippen LogP contribution in [0.25, 0.3) is 0 Å². The number of aliphatic imine (C=N–C) groups is 1. The summed E-state index contributed by atoms with van der Waals surface area (Å²) < 4.78 is 3.92. The number of anilines is 1. The lowest BCUT2D eigenvalue weighted by atomic mass is 9.98. The zero-order valence-corrected chi connectivity index (χ0v) is 16.3. The molecule has 3 rings (SSSR count). The summed E-state index contributed by atoms with van der Waals surface area (Å²) in [6.07, 6.45) is 9.15. The quantitative estimate of drug-likeness (QED) is 0.455. The second-order valence-electron chi connectivity index (χ2n) is 7.37. The third kappa shape index (κ3) is 4.30. The minimum absolute atomic E-state index is 0.122. The minimum atomic E-state index is -0.654. The Hall–Kier alpha value is -2.94. The van der Waals surface area contributed by atoms with Crippen LogP contribution in [-0.4, -0.2) is 56.6 Å². The first-order valence-corrected chi connectivity index (χ1v) is 9.50. The van der Waals surface area contributed by atoms with Crippen LogP contribution in [0.1, 0.15) is 32.7 Å². The third-order valence-corrected chi connectivity index (χ3v) is 5.02. The van der Waals surface area contributed by atoms with Gasteiger partial charge in [0, 0.05) is 37.6 Å². The number of aliphatic hydroxyl groups is 1. The average molecular weight is 386 g/mol. The van der Waals surface area contributed by atoms with Crippen molar-refractivity contribution >= 4 is 29.0 Å². The van der Waals surface area contributed by atoms with Crippen molar-refractivity contribution in [3.63, 3.8) is 0 Å². The SMILES string of the molecule is CC(C)n1ncc(/N=C2/C=CC(=[N+]3CCC(CO)CC3)C=C2NC(N)=O)c1N. The fourth-order valence-corrected chi connectivity index (χ4v) is 3.41. The summed E-state index contributed by atoms with van der Waals surface area (Å²) in [5.74, 6) is 0.824. The van der Waals surface area contributed by atoms with E-state index in [1.54, 1.807) is 10.9 Å². The minimum Gasteiger partial charge on any atom is -0.396 e. The Balaban J connectivity index is 1.91. The van der Waals surface area contributed by atoms with Gasteiger partial charge < -0.3 is 21.9 Å². The maximum atomic E-state index is 11.5. The van der Waals surface area contributed by atoms with E-state index in [1.807, 2.05) is 32.1 Å². The predicted octanol–water partition coefficient (Wildman–Crippen LogP) is 1.10. The van der Waals surface area contributed by atoms with Crippen LogP contribution in [-0.2, 0) is 0 Å². The number of nitrogens with zero attached hydrogens (tertiary/aromatic N) is 4. The number of allylic oxidation sites excluding steroid dienone is 3. The highest BCUT2D eigenvalue weighted by Crippen LogP contribution is 2.25. The number of aromatic nitrogens is 2. The van der Waals surface area contributed by atoms with E-state index in [4.69, 9.17) is 11.5 Å². The predicted molar refractivity (Wildman–Crippen MR) is 109 cm³/mol. The molecule has 0 radical (unpaired) electrons. The largest absolute Gasteiger partial charge is 0.396 e. The summed E-state index contributed by atoms with van der Waals surface area (Å²) in [6.45, 7) is 5.91. The molecule has 2 amide bonds. The first-order valence-electron chi connectivity index (χ1n) is 9.50. The van der Waals surface area contributed by atoms with E-state index in [-0.39, 0.29) is 12.6 Å². The molecule has 1 aliphatic heterocycles. The van der Waals surface area contributed by atoms with Crippen molar-refractivity contribution in [3.05, 3.63) is 30.1 Å². The fourth-order valence-electron chi connectivity index (χ4n) is 3.41. The van der Waals surface area contributed by atoms with Gasteiger partial charge in [-0.2, -0.15) is 5.10 Å². The summed E-state index contributed by atoms with van der Waals surface area (Å²) in [5, 5.41) is 16.2. The number of nitrogen functional groups attached to an aromatic ring is 1. The number of carbonyl (C=O) groups is 1. The lowest BCUT2D eigenvalue weighted by Crippen LogP contribution is -2.36. The van der Waals surface area contributed by atoms with Crippen LogP contribution in [0, 0.1) is 5.92 Å². The Bertz CT molecular complexity index is 867. The molecule has 0 spiro atoms. The highest BCUT2D eigenvalue weighted by molar-refractivity contribution is 6.21. The number of urea groups is 1. The lowest BCUT2D eigenvalue weighted by molar-refractivity contribution is -0.539. The van der Waals surface area contributed by atoms with Gasteiger partial charge in [-0.15, -0.1) is 0 Å². The molecule has 9 heteroatoms. The number of amides is 2. The van der Waals surface area contributed by atoms with Gasteiger partial charge >= 0.3 is 6.03 Å². The number of hydrogen-bond acceptors (Lipinski definition) is 5. The number of hydrogen-bond donors (Lipinski definition) is 4. The molecule has 0 atom stereocenters. The molecule has 9 nitrogen and oxygen atoms in total. The molecule has 1 aromatic heterocycles. The van der Waals surface area contributed by atoms with E-state index < -0.39 is 6.03 Å². The number of rotatable bonds is 4. The van der Waals surface area contributed by atoms with Gasteiger partial charge in [0.05, 0.1) is 17.6 Å². The van der Waals surface area contributed by atoms with E-state index in [1.165, 1.54) is 0 Å². The van der Waals surface area contributed by atoms with Gasteiger partial charge in [0.15, 0.2) is 0 Å². The van der Waals surface area contributed by atoms with Crippen LogP contribution in [0.15, 0.2) is 35.1 Å². The Morgan fingerprint density at radius 3 is 2.71 bits per heavy atom. The average Bonchev–Trinajstić information content (AvgIpc) is 3.03. The second kappa shape index (κ2) is 8.39. The van der Waals surface area contributed by atoms with Gasteiger partial charge in [0.25, 0.3) is 0 Å². The zero-order valence-electron chi connectivity index (χ0n) is 16.3. The zero-order chi connectivity index (χ0) is 20.3. The van der Waals surface area contributed by atoms with E-state index in [9.17, 15) is 9.90 Å². The molecular weight excluding hydrogens is 358 g/mol. The van der Waals surface area contributed by atoms with Crippen molar-refractivity contribution in [1.29, 1.82) is 0 Å². The molecule has 1 saturated heterocycles. The monoisotopic (exact) mass is 386 g/mol. The Labute approximate surface area is 164 Å². The normalized spacial score (nSPS) is 21.4. The van der Waals surface area contributed by atoms with Crippen molar-refractivity contribution in [2.24, 2.45) is 16.6 Å². The summed E-state index contributed by atoms with van der Waals surface area (Å²) >= 11 is 0. The number of primary amides is 1. The standard InChI is InChI=1S/C19H27N7O2/c1-12(2)26-18(20)17(10-22-26)23-15-4-3-14(9-16(15)24-19(21)28)25-7-5-13(11-27)6-8-25/h3-4,9-10,12-13,27H,5-8,11H2,1-2H3,(H4,20,21,22,24,28)/p+1. The van der Waals surface area contributed by atoms with Crippen LogP contribution in [0.2, 0.25) is 0 Å². The first-order chi connectivity index (χ1) is 13.4.